The van der Waals surface area contributed by atoms with Gasteiger partial charge in [-0.25, -0.2) is 0 Å². The van der Waals surface area contributed by atoms with Crippen LogP contribution in [0.25, 0.3) is 0 Å². The number of thioether (sulfide) groups is 1. The third-order valence-electron chi connectivity index (χ3n) is 1.66. The molecule has 1 rings (SSSR count). The number of rotatable bonds is 3. The standard InChI is InChI=1S/C9H12BrNS/c1-12-9-3-2-8(10)6-7(9)4-5-11/h2-3,6H,4-5,11H2,1H3. The van der Waals surface area contributed by atoms with Gasteiger partial charge in [-0.3, -0.25) is 0 Å². The lowest BCUT2D eigenvalue weighted by Crippen LogP contribution is -2.03. The Morgan fingerprint density at radius 2 is 2.25 bits per heavy atom. The van der Waals surface area contributed by atoms with Gasteiger partial charge in [-0.1, -0.05) is 15.9 Å². The molecule has 0 saturated carbocycles. The molecule has 0 bridgehead atoms. The normalized spacial score (nSPS) is 10.2. The molecule has 0 atom stereocenters. The molecule has 0 amide bonds. The molecule has 0 saturated heterocycles. The van der Waals surface area contributed by atoms with E-state index < -0.39 is 0 Å². The molecule has 0 radical (unpaired) electrons. The summed E-state index contributed by atoms with van der Waals surface area (Å²) in [7, 11) is 0. The van der Waals surface area contributed by atoms with E-state index in [4.69, 9.17) is 5.73 Å². The number of halogens is 1. The number of nitrogens with two attached hydrogens (primary N) is 1. The molecule has 1 aromatic carbocycles. The summed E-state index contributed by atoms with van der Waals surface area (Å²) in [6, 6.07) is 6.32. The van der Waals surface area contributed by atoms with Gasteiger partial charge >= 0.3 is 0 Å². The second-order valence-corrected chi connectivity index (χ2v) is 4.26. The second-order valence-electron chi connectivity index (χ2n) is 2.49. The Morgan fingerprint density at radius 1 is 1.50 bits per heavy atom. The van der Waals surface area contributed by atoms with Crippen molar-refractivity contribution >= 4 is 27.7 Å². The van der Waals surface area contributed by atoms with Crippen molar-refractivity contribution in [3.05, 3.63) is 28.2 Å². The van der Waals surface area contributed by atoms with Gasteiger partial charge in [0.2, 0.25) is 0 Å². The minimum Gasteiger partial charge on any atom is -0.330 e. The summed E-state index contributed by atoms with van der Waals surface area (Å²) in [6.07, 6.45) is 3.04. The molecule has 0 aliphatic rings. The Morgan fingerprint density at radius 3 is 2.83 bits per heavy atom. The fourth-order valence-electron chi connectivity index (χ4n) is 1.10. The van der Waals surface area contributed by atoms with Crippen LogP contribution in [0.2, 0.25) is 0 Å². The van der Waals surface area contributed by atoms with E-state index in [9.17, 15) is 0 Å². The first-order chi connectivity index (χ1) is 5.77. The predicted molar refractivity (Wildman–Crippen MR) is 58.7 cm³/mol. The van der Waals surface area contributed by atoms with Crippen LogP contribution in [0.15, 0.2) is 27.6 Å². The monoisotopic (exact) mass is 245 g/mol. The lowest BCUT2D eigenvalue weighted by atomic mass is 10.1. The first-order valence-electron chi connectivity index (χ1n) is 3.80. The van der Waals surface area contributed by atoms with E-state index in [2.05, 4.69) is 40.4 Å². The molecular formula is C9H12BrNS. The quantitative estimate of drug-likeness (QED) is 0.830. The summed E-state index contributed by atoms with van der Waals surface area (Å²) in [6.45, 7) is 0.712. The van der Waals surface area contributed by atoms with E-state index in [-0.39, 0.29) is 0 Å². The minimum atomic E-state index is 0.712. The highest BCUT2D eigenvalue weighted by molar-refractivity contribution is 9.10. The highest BCUT2D eigenvalue weighted by atomic mass is 79.9. The average Bonchev–Trinajstić information content (AvgIpc) is 2.05. The number of benzene rings is 1. The molecule has 0 aliphatic heterocycles. The van der Waals surface area contributed by atoms with Crippen LogP contribution in [0.1, 0.15) is 5.56 Å². The van der Waals surface area contributed by atoms with Gasteiger partial charge in [-0.2, -0.15) is 0 Å². The van der Waals surface area contributed by atoms with Crippen LogP contribution >= 0.6 is 27.7 Å². The van der Waals surface area contributed by atoms with Crippen molar-refractivity contribution in [3.63, 3.8) is 0 Å². The molecule has 0 spiro atoms. The minimum absolute atomic E-state index is 0.712. The lowest BCUT2D eigenvalue weighted by molar-refractivity contribution is 0.943. The molecule has 66 valence electrons. The number of hydrogen-bond donors (Lipinski definition) is 1. The van der Waals surface area contributed by atoms with Crippen LogP contribution in [0.4, 0.5) is 0 Å². The van der Waals surface area contributed by atoms with E-state index in [1.165, 1.54) is 10.5 Å². The molecule has 0 unspecified atom stereocenters. The maximum Gasteiger partial charge on any atom is 0.0178 e. The maximum absolute atomic E-state index is 5.51. The molecule has 0 fully saturated rings. The SMILES string of the molecule is CSc1ccc(Br)cc1CCN. The Kier molecular flexibility index (Phi) is 4.12. The first kappa shape index (κ1) is 10.1. The van der Waals surface area contributed by atoms with Crippen molar-refractivity contribution in [3.8, 4) is 0 Å². The average molecular weight is 246 g/mol. The Balaban J connectivity index is 2.95. The van der Waals surface area contributed by atoms with Gasteiger partial charge < -0.3 is 5.73 Å². The maximum atomic E-state index is 5.51. The molecule has 2 N–H and O–H groups in total. The molecule has 0 aromatic heterocycles. The van der Waals surface area contributed by atoms with E-state index in [0.29, 0.717) is 6.54 Å². The summed E-state index contributed by atoms with van der Waals surface area (Å²) in [5, 5.41) is 0. The zero-order chi connectivity index (χ0) is 8.97. The van der Waals surface area contributed by atoms with Crippen LogP contribution in [0.3, 0.4) is 0 Å². The van der Waals surface area contributed by atoms with E-state index in [1.807, 2.05) is 0 Å². The first-order valence-corrected chi connectivity index (χ1v) is 5.82. The van der Waals surface area contributed by atoms with Crippen molar-refractivity contribution in [2.75, 3.05) is 12.8 Å². The molecule has 12 heavy (non-hydrogen) atoms. The van der Waals surface area contributed by atoms with Crippen molar-refractivity contribution < 1.29 is 0 Å². The van der Waals surface area contributed by atoms with E-state index in [0.717, 1.165) is 10.9 Å². The lowest BCUT2D eigenvalue weighted by Gasteiger charge is -2.05. The van der Waals surface area contributed by atoms with Crippen molar-refractivity contribution in [2.45, 2.75) is 11.3 Å². The Bertz CT molecular complexity index is 263. The fourth-order valence-corrected chi connectivity index (χ4v) is 2.13. The molecule has 1 aromatic rings. The van der Waals surface area contributed by atoms with Crippen LogP contribution in [0.5, 0.6) is 0 Å². The van der Waals surface area contributed by atoms with Crippen molar-refractivity contribution in [1.29, 1.82) is 0 Å². The van der Waals surface area contributed by atoms with Crippen LogP contribution in [-0.2, 0) is 6.42 Å². The van der Waals surface area contributed by atoms with Crippen LogP contribution in [-0.4, -0.2) is 12.8 Å². The predicted octanol–water partition coefficient (Wildman–Crippen LogP) is 2.67. The molecule has 3 heteroatoms. The number of hydrogen-bond acceptors (Lipinski definition) is 2. The summed E-state index contributed by atoms with van der Waals surface area (Å²) in [5.41, 5.74) is 6.84. The van der Waals surface area contributed by atoms with E-state index in [1.54, 1.807) is 11.8 Å². The summed E-state index contributed by atoms with van der Waals surface area (Å²) in [5.74, 6) is 0. The summed E-state index contributed by atoms with van der Waals surface area (Å²) in [4.78, 5) is 1.32. The molecular weight excluding hydrogens is 234 g/mol. The third kappa shape index (κ3) is 2.51. The Hall–Kier alpha value is 0.01000. The highest BCUT2D eigenvalue weighted by Gasteiger charge is 2.00. The molecule has 1 nitrogen and oxygen atoms in total. The molecule has 0 heterocycles. The second kappa shape index (κ2) is 4.90. The van der Waals surface area contributed by atoms with Gasteiger partial charge in [0.1, 0.15) is 0 Å². The van der Waals surface area contributed by atoms with Crippen molar-refractivity contribution in [2.24, 2.45) is 5.73 Å². The highest BCUT2D eigenvalue weighted by Crippen LogP contribution is 2.24. The van der Waals surface area contributed by atoms with Crippen LogP contribution < -0.4 is 5.73 Å². The van der Waals surface area contributed by atoms with Gasteiger partial charge in [0.05, 0.1) is 0 Å². The largest absolute Gasteiger partial charge is 0.330 e. The fraction of sp³-hybridized carbons (Fsp3) is 0.333. The zero-order valence-corrected chi connectivity index (χ0v) is 9.41. The van der Waals surface area contributed by atoms with Gasteiger partial charge in [0, 0.05) is 9.37 Å². The van der Waals surface area contributed by atoms with Crippen LogP contribution in [0, 0.1) is 0 Å². The third-order valence-corrected chi connectivity index (χ3v) is 2.99. The Labute approximate surface area is 85.9 Å². The van der Waals surface area contributed by atoms with Gasteiger partial charge in [-0.15, -0.1) is 11.8 Å². The smallest absolute Gasteiger partial charge is 0.0178 e. The van der Waals surface area contributed by atoms with Gasteiger partial charge in [-0.05, 0) is 43.0 Å². The topological polar surface area (TPSA) is 26.0 Å². The summed E-state index contributed by atoms with van der Waals surface area (Å²) >= 11 is 5.21. The van der Waals surface area contributed by atoms with E-state index >= 15 is 0 Å². The summed E-state index contributed by atoms with van der Waals surface area (Å²) < 4.78 is 1.13. The molecule has 0 aliphatic carbocycles. The van der Waals surface area contributed by atoms with Gasteiger partial charge in [0.25, 0.3) is 0 Å². The van der Waals surface area contributed by atoms with Gasteiger partial charge in [0.15, 0.2) is 0 Å². The van der Waals surface area contributed by atoms with Crippen molar-refractivity contribution in [1.82, 2.24) is 0 Å². The zero-order valence-electron chi connectivity index (χ0n) is 7.01.